The fraction of sp³-hybridized carbons (Fsp3) is 0.267. The average Bonchev–Trinajstić information content (AvgIpc) is 2.45. The van der Waals surface area contributed by atoms with Crippen molar-refractivity contribution < 1.29 is 4.79 Å². The van der Waals surface area contributed by atoms with Gasteiger partial charge in [0, 0.05) is 11.1 Å². The second kappa shape index (κ2) is 7.59. The fourth-order valence-corrected chi connectivity index (χ4v) is 1.62. The van der Waals surface area contributed by atoms with Gasteiger partial charge in [0.05, 0.1) is 18.7 Å². The van der Waals surface area contributed by atoms with Crippen molar-refractivity contribution in [2.45, 2.75) is 6.92 Å². The molecule has 100 valence electrons. The SMILES string of the molecule is Cc1ccc(C#CCN)cc1C(=O)N(CC#N)CC#N. The summed E-state index contributed by atoms with van der Waals surface area (Å²) in [5, 5.41) is 17.4. The molecule has 2 N–H and O–H groups in total. The van der Waals surface area contributed by atoms with Crippen LogP contribution in [0.25, 0.3) is 0 Å². The molecule has 0 aliphatic heterocycles. The van der Waals surface area contributed by atoms with E-state index in [1.807, 2.05) is 12.1 Å². The maximum Gasteiger partial charge on any atom is 0.255 e. The Labute approximate surface area is 118 Å². The van der Waals surface area contributed by atoms with E-state index in [0.717, 1.165) is 5.56 Å². The van der Waals surface area contributed by atoms with Gasteiger partial charge in [0.25, 0.3) is 5.91 Å². The number of nitrogens with zero attached hydrogens (tertiary/aromatic N) is 3. The van der Waals surface area contributed by atoms with Crippen molar-refractivity contribution >= 4 is 5.91 Å². The topological polar surface area (TPSA) is 93.9 Å². The summed E-state index contributed by atoms with van der Waals surface area (Å²) in [4.78, 5) is 13.5. The van der Waals surface area contributed by atoms with E-state index in [1.165, 1.54) is 4.90 Å². The Morgan fingerprint density at radius 2 is 1.95 bits per heavy atom. The van der Waals surface area contributed by atoms with Crippen LogP contribution in [0.3, 0.4) is 0 Å². The van der Waals surface area contributed by atoms with Crippen LogP contribution in [0.2, 0.25) is 0 Å². The van der Waals surface area contributed by atoms with Crippen LogP contribution in [0.1, 0.15) is 21.5 Å². The Morgan fingerprint density at radius 1 is 1.30 bits per heavy atom. The molecule has 0 aliphatic rings. The van der Waals surface area contributed by atoms with Crippen molar-refractivity contribution in [1.29, 1.82) is 10.5 Å². The van der Waals surface area contributed by atoms with Crippen molar-refractivity contribution in [2.75, 3.05) is 19.6 Å². The maximum atomic E-state index is 12.3. The molecule has 1 amide bonds. The molecule has 1 rings (SSSR count). The third-order valence-corrected chi connectivity index (χ3v) is 2.61. The van der Waals surface area contributed by atoms with Gasteiger partial charge in [-0.1, -0.05) is 17.9 Å². The molecule has 0 fully saturated rings. The second-order valence-electron chi connectivity index (χ2n) is 4.01. The smallest absolute Gasteiger partial charge is 0.255 e. The number of hydrogen-bond acceptors (Lipinski definition) is 4. The second-order valence-corrected chi connectivity index (χ2v) is 4.01. The van der Waals surface area contributed by atoms with E-state index in [-0.39, 0.29) is 25.5 Å². The number of rotatable bonds is 3. The summed E-state index contributed by atoms with van der Waals surface area (Å²) in [7, 11) is 0. The molecule has 0 aromatic heterocycles. The Bertz CT molecular complexity index is 625. The zero-order valence-corrected chi connectivity index (χ0v) is 11.2. The van der Waals surface area contributed by atoms with Gasteiger partial charge >= 0.3 is 0 Å². The molecule has 0 spiro atoms. The highest BCUT2D eigenvalue weighted by atomic mass is 16.2. The van der Waals surface area contributed by atoms with Crippen LogP contribution in [0.4, 0.5) is 0 Å². The minimum Gasteiger partial charge on any atom is -0.320 e. The first-order valence-corrected chi connectivity index (χ1v) is 5.96. The van der Waals surface area contributed by atoms with Gasteiger partial charge in [0.2, 0.25) is 0 Å². The monoisotopic (exact) mass is 266 g/mol. The highest BCUT2D eigenvalue weighted by molar-refractivity contribution is 5.96. The molecule has 0 atom stereocenters. The summed E-state index contributed by atoms with van der Waals surface area (Å²) >= 11 is 0. The predicted molar refractivity (Wildman–Crippen MR) is 74.2 cm³/mol. The van der Waals surface area contributed by atoms with Crippen LogP contribution < -0.4 is 5.73 Å². The summed E-state index contributed by atoms with van der Waals surface area (Å²) in [6.45, 7) is 1.80. The van der Waals surface area contributed by atoms with Gasteiger partial charge in [0.1, 0.15) is 13.1 Å². The van der Waals surface area contributed by atoms with Crippen LogP contribution in [0.15, 0.2) is 18.2 Å². The highest BCUT2D eigenvalue weighted by Gasteiger charge is 2.17. The standard InChI is InChI=1S/C15H14N4O/c1-12-4-5-13(3-2-6-16)11-14(12)15(20)19(9-7-17)10-8-18/h4-5,11H,6,9-10,16H2,1H3. The van der Waals surface area contributed by atoms with Crippen LogP contribution in [0, 0.1) is 41.4 Å². The molecule has 5 nitrogen and oxygen atoms in total. The first-order chi connectivity index (χ1) is 9.63. The van der Waals surface area contributed by atoms with Gasteiger partial charge in [-0.2, -0.15) is 10.5 Å². The lowest BCUT2D eigenvalue weighted by Gasteiger charge is -2.17. The Kier molecular flexibility index (Phi) is 5.78. The highest BCUT2D eigenvalue weighted by Crippen LogP contribution is 2.13. The van der Waals surface area contributed by atoms with Crippen molar-refractivity contribution in [3.8, 4) is 24.0 Å². The van der Waals surface area contributed by atoms with E-state index in [0.29, 0.717) is 11.1 Å². The summed E-state index contributed by atoms with van der Waals surface area (Å²) in [5.41, 5.74) is 7.21. The molecule has 0 bridgehead atoms. The van der Waals surface area contributed by atoms with E-state index in [4.69, 9.17) is 16.3 Å². The number of aryl methyl sites for hydroxylation is 1. The molecule has 1 aromatic rings. The molecule has 0 radical (unpaired) electrons. The van der Waals surface area contributed by atoms with Crippen molar-refractivity contribution in [1.82, 2.24) is 4.90 Å². The maximum absolute atomic E-state index is 12.3. The number of benzene rings is 1. The fourth-order valence-electron chi connectivity index (χ4n) is 1.62. The Morgan fingerprint density at radius 3 is 2.50 bits per heavy atom. The first-order valence-electron chi connectivity index (χ1n) is 5.96. The van der Waals surface area contributed by atoms with Crippen LogP contribution in [0.5, 0.6) is 0 Å². The van der Waals surface area contributed by atoms with Gasteiger partial charge in [-0.3, -0.25) is 4.79 Å². The molecule has 0 aliphatic carbocycles. The van der Waals surface area contributed by atoms with Gasteiger partial charge < -0.3 is 10.6 Å². The van der Waals surface area contributed by atoms with Crippen LogP contribution in [-0.2, 0) is 0 Å². The summed E-state index contributed by atoms with van der Waals surface area (Å²) in [6.07, 6.45) is 0. The number of hydrogen-bond donors (Lipinski definition) is 1. The van der Waals surface area contributed by atoms with Crippen LogP contribution >= 0.6 is 0 Å². The van der Waals surface area contributed by atoms with Crippen molar-refractivity contribution in [2.24, 2.45) is 5.73 Å². The zero-order chi connectivity index (χ0) is 15.0. The largest absolute Gasteiger partial charge is 0.320 e. The molecule has 1 aromatic carbocycles. The minimum absolute atomic E-state index is 0.120. The van der Waals surface area contributed by atoms with E-state index in [2.05, 4.69) is 11.8 Å². The molecule has 0 saturated heterocycles. The molecule has 0 unspecified atom stereocenters. The van der Waals surface area contributed by atoms with Gasteiger partial charge in [-0.05, 0) is 24.6 Å². The predicted octanol–water partition coefficient (Wildman–Crippen LogP) is 0.795. The quantitative estimate of drug-likeness (QED) is 0.646. The van der Waals surface area contributed by atoms with E-state index in [1.54, 1.807) is 25.1 Å². The summed E-state index contributed by atoms with van der Waals surface area (Å²) in [6, 6.07) is 9.00. The van der Waals surface area contributed by atoms with E-state index >= 15 is 0 Å². The Balaban J connectivity index is 3.14. The number of carbonyl (C=O) groups is 1. The molecular weight excluding hydrogens is 252 g/mol. The lowest BCUT2D eigenvalue weighted by Crippen LogP contribution is -2.32. The number of nitrogens with two attached hydrogens (primary N) is 1. The molecule has 0 heterocycles. The minimum atomic E-state index is -0.345. The average molecular weight is 266 g/mol. The molecule has 5 heteroatoms. The Hall–Kier alpha value is -2.81. The first kappa shape index (κ1) is 15.2. The molecule has 20 heavy (non-hydrogen) atoms. The number of nitriles is 2. The third kappa shape index (κ3) is 3.85. The van der Waals surface area contributed by atoms with Gasteiger partial charge in [-0.15, -0.1) is 0 Å². The molecular formula is C15H14N4O. The summed E-state index contributed by atoms with van der Waals surface area (Å²) < 4.78 is 0. The third-order valence-electron chi connectivity index (χ3n) is 2.61. The van der Waals surface area contributed by atoms with Gasteiger partial charge in [-0.25, -0.2) is 0 Å². The van der Waals surface area contributed by atoms with E-state index < -0.39 is 0 Å². The van der Waals surface area contributed by atoms with Crippen molar-refractivity contribution in [3.05, 3.63) is 34.9 Å². The van der Waals surface area contributed by atoms with Gasteiger partial charge in [0.15, 0.2) is 0 Å². The lowest BCUT2D eigenvalue weighted by molar-refractivity contribution is 0.0794. The number of amides is 1. The van der Waals surface area contributed by atoms with E-state index in [9.17, 15) is 4.79 Å². The normalized spacial score (nSPS) is 8.80. The summed E-state index contributed by atoms with van der Waals surface area (Å²) in [5.74, 6) is 5.23. The van der Waals surface area contributed by atoms with Crippen LogP contribution in [-0.4, -0.2) is 30.4 Å². The molecule has 0 saturated carbocycles. The van der Waals surface area contributed by atoms with Crippen molar-refractivity contribution in [3.63, 3.8) is 0 Å². The number of carbonyl (C=O) groups excluding carboxylic acids is 1. The zero-order valence-electron chi connectivity index (χ0n) is 11.2. The lowest BCUT2D eigenvalue weighted by atomic mass is 10.0.